The maximum atomic E-state index is 11.7. The minimum atomic E-state index is -0.440. The maximum Gasteiger partial charge on any atom is 0.239 e. The van der Waals surface area contributed by atoms with Gasteiger partial charge in [0.05, 0.1) is 5.25 Å². The van der Waals surface area contributed by atoms with Gasteiger partial charge in [-0.2, -0.15) is 0 Å². The van der Waals surface area contributed by atoms with E-state index in [9.17, 15) is 9.59 Å². The summed E-state index contributed by atoms with van der Waals surface area (Å²) in [5, 5.41) is 5.36. The molecule has 2 N–H and O–H groups in total. The van der Waals surface area contributed by atoms with Crippen molar-refractivity contribution in [2.75, 3.05) is 5.32 Å². The van der Waals surface area contributed by atoms with Gasteiger partial charge in [0.15, 0.2) is 0 Å². The molecule has 1 saturated heterocycles. The second-order valence-corrected chi connectivity index (χ2v) is 5.96. The average molecular weight is 301 g/mol. The molecule has 0 aromatic heterocycles. The van der Waals surface area contributed by atoms with Gasteiger partial charge in [0.25, 0.3) is 0 Å². The molecule has 0 aliphatic carbocycles. The van der Waals surface area contributed by atoms with Gasteiger partial charge in [-0.25, -0.2) is 0 Å². The average Bonchev–Trinajstić information content (AvgIpc) is 2.61. The smallest absolute Gasteiger partial charge is 0.239 e. The van der Waals surface area contributed by atoms with E-state index in [0.717, 1.165) is 0 Å². The number of hydrogen-bond donors (Lipinski definition) is 2. The highest BCUT2D eigenvalue weighted by atomic mass is 35.5. The molecule has 1 heterocycles. The topological polar surface area (TPSA) is 58.2 Å². The van der Waals surface area contributed by atoms with E-state index in [1.54, 1.807) is 24.3 Å². The van der Waals surface area contributed by atoms with Crippen molar-refractivity contribution in [3.63, 3.8) is 0 Å². The van der Waals surface area contributed by atoms with Gasteiger partial charge in [-0.05, 0) is 24.3 Å². The first-order valence-corrected chi connectivity index (χ1v) is 6.78. The molecule has 7 heteroatoms. The highest BCUT2D eigenvalue weighted by molar-refractivity contribution is 8.24. The largest absolute Gasteiger partial charge is 0.326 e. The first-order valence-electron chi connectivity index (χ1n) is 5.11. The van der Waals surface area contributed by atoms with E-state index in [2.05, 4.69) is 10.6 Å². The van der Waals surface area contributed by atoms with E-state index >= 15 is 0 Å². The van der Waals surface area contributed by atoms with Crippen molar-refractivity contribution < 1.29 is 9.59 Å². The number of anilines is 1. The Balaban J connectivity index is 1.91. The fourth-order valence-electron chi connectivity index (χ4n) is 1.44. The van der Waals surface area contributed by atoms with E-state index in [4.69, 9.17) is 23.8 Å². The van der Waals surface area contributed by atoms with Crippen molar-refractivity contribution in [3.05, 3.63) is 29.3 Å². The molecule has 94 valence electrons. The first-order chi connectivity index (χ1) is 8.54. The molecule has 0 saturated carbocycles. The van der Waals surface area contributed by atoms with E-state index in [1.807, 2.05) is 0 Å². The molecular weight excluding hydrogens is 292 g/mol. The van der Waals surface area contributed by atoms with Crippen LogP contribution in [0.5, 0.6) is 0 Å². The molecule has 1 aliphatic heterocycles. The fraction of sp³-hybridized carbons (Fsp3) is 0.182. The van der Waals surface area contributed by atoms with Crippen molar-refractivity contribution in [2.45, 2.75) is 11.7 Å². The minimum absolute atomic E-state index is 0.0965. The van der Waals surface area contributed by atoms with Crippen LogP contribution in [-0.2, 0) is 9.59 Å². The fourth-order valence-corrected chi connectivity index (χ4v) is 2.83. The molecule has 1 atom stereocenters. The Labute approximate surface area is 118 Å². The van der Waals surface area contributed by atoms with Gasteiger partial charge in [0, 0.05) is 17.1 Å². The zero-order valence-electron chi connectivity index (χ0n) is 9.10. The van der Waals surface area contributed by atoms with Crippen LogP contribution < -0.4 is 10.6 Å². The molecule has 1 fully saturated rings. The third kappa shape index (κ3) is 3.44. The molecule has 0 bridgehead atoms. The second-order valence-electron chi connectivity index (χ2n) is 3.64. The lowest BCUT2D eigenvalue weighted by atomic mass is 10.2. The van der Waals surface area contributed by atoms with Crippen LogP contribution in [0.3, 0.4) is 0 Å². The molecule has 4 nitrogen and oxygen atoms in total. The molecule has 0 unspecified atom stereocenters. The van der Waals surface area contributed by atoms with Crippen molar-refractivity contribution in [2.24, 2.45) is 0 Å². The number of rotatable bonds is 3. The summed E-state index contributed by atoms with van der Waals surface area (Å²) in [6.07, 6.45) is 0.0965. The third-order valence-corrected chi connectivity index (χ3v) is 3.89. The number of carbonyl (C=O) groups excluding carboxylic acids is 2. The molecule has 0 radical (unpaired) electrons. The molecule has 2 rings (SSSR count). The predicted molar refractivity (Wildman–Crippen MR) is 76.8 cm³/mol. The van der Waals surface area contributed by atoms with Crippen LogP contribution in [0, 0.1) is 0 Å². The van der Waals surface area contributed by atoms with Crippen LogP contribution in [0.15, 0.2) is 24.3 Å². The number of carbonyl (C=O) groups is 2. The number of thiocarbonyl (C=S) groups is 1. The summed E-state index contributed by atoms with van der Waals surface area (Å²) >= 11 is 11.8. The lowest BCUT2D eigenvalue weighted by Crippen LogP contribution is -2.27. The van der Waals surface area contributed by atoms with E-state index in [0.29, 0.717) is 15.0 Å². The summed E-state index contributed by atoms with van der Waals surface area (Å²) in [4.78, 5) is 23.1. The lowest BCUT2D eigenvalue weighted by molar-refractivity contribution is -0.122. The monoisotopic (exact) mass is 300 g/mol. The number of benzene rings is 1. The van der Waals surface area contributed by atoms with Crippen LogP contribution in [0.2, 0.25) is 5.02 Å². The van der Waals surface area contributed by atoms with Crippen molar-refractivity contribution in [1.82, 2.24) is 5.32 Å². The van der Waals surface area contributed by atoms with Crippen molar-refractivity contribution in [3.8, 4) is 0 Å². The molecular formula is C11H9ClN2O2S2. The van der Waals surface area contributed by atoms with E-state index in [-0.39, 0.29) is 18.2 Å². The van der Waals surface area contributed by atoms with Gasteiger partial charge < -0.3 is 10.6 Å². The Morgan fingerprint density at radius 3 is 2.67 bits per heavy atom. The predicted octanol–water partition coefficient (Wildman–Crippen LogP) is 2.19. The van der Waals surface area contributed by atoms with Crippen LogP contribution >= 0.6 is 35.6 Å². The second kappa shape index (κ2) is 5.69. The van der Waals surface area contributed by atoms with E-state index in [1.165, 1.54) is 11.8 Å². The van der Waals surface area contributed by atoms with Crippen molar-refractivity contribution in [1.29, 1.82) is 0 Å². The molecule has 18 heavy (non-hydrogen) atoms. The van der Waals surface area contributed by atoms with Gasteiger partial charge in [-0.1, -0.05) is 35.6 Å². The Hall–Kier alpha value is -1.11. The van der Waals surface area contributed by atoms with Crippen LogP contribution in [-0.4, -0.2) is 21.4 Å². The van der Waals surface area contributed by atoms with Crippen LogP contribution in [0.25, 0.3) is 0 Å². The molecule has 1 aromatic carbocycles. The molecule has 2 amide bonds. The molecule has 1 aromatic rings. The highest BCUT2D eigenvalue weighted by Crippen LogP contribution is 2.23. The Bertz CT molecular complexity index is 504. The van der Waals surface area contributed by atoms with Gasteiger partial charge in [-0.15, -0.1) is 0 Å². The minimum Gasteiger partial charge on any atom is -0.326 e. The number of nitrogens with one attached hydrogen (secondary N) is 2. The molecule has 1 aliphatic rings. The van der Waals surface area contributed by atoms with Crippen molar-refractivity contribution >= 4 is 57.4 Å². The zero-order chi connectivity index (χ0) is 13.1. The number of amides is 2. The maximum absolute atomic E-state index is 11.7. The first kappa shape index (κ1) is 13.3. The zero-order valence-corrected chi connectivity index (χ0v) is 11.5. The highest BCUT2D eigenvalue weighted by Gasteiger charge is 2.30. The standard InChI is InChI=1S/C11H9ClN2O2S2/c12-6-1-3-7(4-2-6)13-9(15)5-8-10(16)14-11(17)18-8/h1-4,8H,5H2,(H,13,15)(H,14,16,17)/t8-/m1/s1. The summed E-state index contributed by atoms with van der Waals surface area (Å²) in [6.45, 7) is 0. The number of thioether (sulfide) groups is 1. The Morgan fingerprint density at radius 1 is 1.44 bits per heavy atom. The summed E-state index contributed by atoms with van der Waals surface area (Å²) < 4.78 is 0.421. The third-order valence-electron chi connectivity index (χ3n) is 2.27. The van der Waals surface area contributed by atoms with Gasteiger partial charge >= 0.3 is 0 Å². The van der Waals surface area contributed by atoms with Crippen LogP contribution in [0.4, 0.5) is 5.69 Å². The summed E-state index contributed by atoms with van der Waals surface area (Å²) in [6, 6.07) is 6.77. The number of halogens is 1. The summed E-state index contributed by atoms with van der Waals surface area (Å²) in [5.41, 5.74) is 0.649. The summed E-state index contributed by atoms with van der Waals surface area (Å²) in [7, 11) is 0. The lowest BCUT2D eigenvalue weighted by Gasteiger charge is -2.07. The quantitative estimate of drug-likeness (QED) is 0.840. The Morgan fingerprint density at radius 2 is 2.11 bits per heavy atom. The van der Waals surface area contributed by atoms with Crippen LogP contribution in [0.1, 0.15) is 6.42 Å². The summed E-state index contributed by atoms with van der Waals surface area (Å²) in [5.74, 6) is -0.439. The van der Waals surface area contributed by atoms with Gasteiger partial charge in [-0.3, -0.25) is 9.59 Å². The SMILES string of the molecule is O=C(C[C@H]1SC(=S)NC1=O)Nc1ccc(Cl)cc1. The number of hydrogen-bond acceptors (Lipinski definition) is 4. The Kier molecular flexibility index (Phi) is 4.21. The van der Waals surface area contributed by atoms with Gasteiger partial charge in [0.2, 0.25) is 11.8 Å². The normalized spacial score (nSPS) is 18.6. The van der Waals surface area contributed by atoms with Gasteiger partial charge in [0.1, 0.15) is 4.32 Å². The molecule has 0 spiro atoms. The van der Waals surface area contributed by atoms with E-state index < -0.39 is 5.25 Å².